The number of carbonyl (C=O) groups is 1. The summed E-state index contributed by atoms with van der Waals surface area (Å²) in [6.07, 6.45) is 1.99. The number of halogens is 2. The molecule has 0 fully saturated rings. The molecule has 0 saturated heterocycles. The Kier molecular flexibility index (Phi) is 3.46. The van der Waals surface area contributed by atoms with Crippen LogP contribution in [0.3, 0.4) is 0 Å². The second kappa shape index (κ2) is 5.26. The predicted molar refractivity (Wildman–Crippen MR) is 75.0 cm³/mol. The van der Waals surface area contributed by atoms with E-state index in [9.17, 15) is 4.79 Å². The molecule has 1 aromatic carbocycles. The van der Waals surface area contributed by atoms with Crippen LogP contribution in [0.2, 0.25) is 10.2 Å². The fourth-order valence-electron chi connectivity index (χ4n) is 2.03. The Morgan fingerprint density at radius 2 is 2.10 bits per heavy atom. The van der Waals surface area contributed by atoms with Crippen molar-refractivity contribution in [2.75, 3.05) is 11.6 Å². The topological polar surface area (TPSA) is 55.3 Å². The van der Waals surface area contributed by atoms with Gasteiger partial charge in [0.05, 0.1) is 12.2 Å². The van der Waals surface area contributed by atoms with Crippen LogP contribution in [0.15, 0.2) is 30.6 Å². The lowest BCUT2D eigenvalue weighted by Gasteiger charge is -2.17. The van der Waals surface area contributed by atoms with Crippen LogP contribution in [-0.2, 0) is 11.3 Å². The van der Waals surface area contributed by atoms with Crippen molar-refractivity contribution in [2.45, 2.75) is 6.42 Å². The summed E-state index contributed by atoms with van der Waals surface area (Å²) in [6, 6.07) is 6.81. The number of aromatic nitrogens is 2. The van der Waals surface area contributed by atoms with Crippen molar-refractivity contribution in [3.05, 3.63) is 52.0 Å². The summed E-state index contributed by atoms with van der Waals surface area (Å²) in [4.78, 5) is 24.9. The highest BCUT2D eigenvalue weighted by molar-refractivity contribution is 6.30. The summed E-state index contributed by atoms with van der Waals surface area (Å²) < 4.78 is 0. The minimum absolute atomic E-state index is 0.118. The van der Waals surface area contributed by atoms with Crippen LogP contribution in [0.25, 0.3) is 0 Å². The molecule has 0 amide bonds. The van der Waals surface area contributed by atoms with Gasteiger partial charge in [0.1, 0.15) is 11.5 Å². The minimum atomic E-state index is -0.572. The first-order chi connectivity index (χ1) is 9.63. The highest BCUT2D eigenvalue weighted by atomic mass is 35.5. The van der Waals surface area contributed by atoms with Crippen molar-refractivity contribution in [1.29, 1.82) is 0 Å². The van der Waals surface area contributed by atoms with Crippen molar-refractivity contribution in [3.8, 4) is 0 Å². The molecule has 1 aliphatic rings. The zero-order valence-corrected chi connectivity index (χ0v) is 11.7. The lowest BCUT2D eigenvalue weighted by molar-refractivity contribution is 0.0454. The minimum Gasteiger partial charge on any atom is -0.334 e. The van der Waals surface area contributed by atoms with Gasteiger partial charge in [0.2, 0.25) is 0 Å². The van der Waals surface area contributed by atoms with Gasteiger partial charge in [-0.15, -0.1) is 0 Å². The summed E-state index contributed by atoms with van der Waals surface area (Å²) in [7, 11) is 0. The Labute approximate surface area is 125 Å². The molecule has 102 valence electrons. The molecular weight excluding hydrogens is 301 g/mol. The summed E-state index contributed by atoms with van der Waals surface area (Å²) in [6.45, 7) is 0.584. The third-order valence-electron chi connectivity index (χ3n) is 2.93. The Morgan fingerprint density at radius 1 is 1.25 bits per heavy atom. The average Bonchev–Trinajstić information content (AvgIpc) is 2.81. The molecule has 3 rings (SSSR count). The Hall–Kier alpha value is -1.85. The standard InChI is InChI=1S/C13H9Cl2N3O2/c14-9-1-2-11-8(5-9)3-4-18(11)20-13(19)10-6-12(15)17-7-16-10/h1-2,5-7H,3-4H2. The number of benzene rings is 1. The zero-order valence-electron chi connectivity index (χ0n) is 10.2. The van der Waals surface area contributed by atoms with E-state index in [1.54, 1.807) is 6.07 Å². The van der Waals surface area contributed by atoms with E-state index in [1.807, 2.05) is 12.1 Å². The van der Waals surface area contributed by atoms with Gasteiger partial charge in [-0.05, 0) is 30.2 Å². The predicted octanol–water partition coefficient (Wildman–Crippen LogP) is 2.92. The molecule has 2 aromatic rings. The molecule has 0 radical (unpaired) electrons. The molecule has 5 nitrogen and oxygen atoms in total. The SMILES string of the molecule is O=C(ON1CCc2cc(Cl)ccc21)c1cc(Cl)ncn1. The highest BCUT2D eigenvalue weighted by Crippen LogP contribution is 2.30. The summed E-state index contributed by atoms with van der Waals surface area (Å²) >= 11 is 11.6. The number of hydrogen-bond acceptors (Lipinski definition) is 5. The molecule has 0 saturated carbocycles. The van der Waals surface area contributed by atoms with Gasteiger partial charge in [0.15, 0.2) is 5.69 Å². The van der Waals surface area contributed by atoms with Gasteiger partial charge in [0.25, 0.3) is 0 Å². The molecular formula is C13H9Cl2N3O2. The maximum atomic E-state index is 12.0. The molecule has 7 heteroatoms. The van der Waals surface area contributed by atoms with E-state index in [0.717, 1.165) is 17.7 Å². The number of hydroxylamine groups is 1. The number of carbonyl (C=O) groups excluding carboxylic acids is 1. The molecule has 0 N–H and O–H groups in total. The van der Waals surface area contributed by atoms with Gasteiger partial charge < -0.3 is 4.84 Å². The maximum Gasteiger partial charge on any atom is 0.381 e. The van der Waals surface area contributed by atoms with E-state index in [0.29, 0.717) is 11.6 Å². The molecule has 0 bridgehead atoms. The quantitative estimate of drug-likeness (QED) is 0.798. The average molecular weight is 310 g/mol. The summed E-state index contributed by atoms with van der Waals surface area (Å²) in [5, 5.41) is 2.39. The first-order valence-electron chi connectivity index (χ1n) is 5.89. The van der Waals surface area contributed by atoms with Crippen LogP contribution in [0, 0.1) is 0 Å². The highest BCUT2D eigenvalue weighted by Gasteiger charge is 2.24. The van der Waals surface area contributed by atoms with Crippen LogP contribution in [0.5, 0.6) is 0 Å². The van der Waals surface area contributed by atoms with Crippen molar-refractivity contribution in [1.82, 2.24) is 9.97 Å². The fraction of sp³-hybridized carbons (Fsp3) is 0.154. The lowest BCUT2D eigenvalue weighted by Crippen LogP contribution is -2.25. The molecule has 0 aliphatic carbocycles. The fourth-order valence-corrected chi connectivity index (χ4v) is 2.37. The summed E-state index contributed by atoms with van der Waals surface area (Å²) in [5.41, 5.74) is 2.00. The summed E-state index contributed by atoms with van der Waals surface area (Å²) in [5.74, 6) is -0.572. The normalized spacial score (nSPS) is 13.2. The Balaban J connectivity index is 1.79. The van der Waals surface area contributed by atoms with Crippen LogP contribution >= 0.6 is 23.2 Å². The van der Waals surface area contributed by atoms with Gasteiger partial charge in [-0.3, -0.25) is 0 Å². The molecule has 0 spiro atoms. The first kappa shape index (κ1) is 13.1. The van der Waals surface area contributed by atoms with Gasteiger partial charge in [-0.2, -0.15) is 0 Å². The van der Waals surface area contributed by atoms with Crippen LogP contribution < -0.4 is 5.06 Å². The van der Waals surface area contributed by atoms with E-state index in [4.69, 9.17) is 28.0 Å². The third kappa shape index (κ3) is 2.55. The Bertz CT molecular complexity index is 678. The van der Waals surface area contributed by atoms with E-state index in [2.05, 4.69) is 9.97 Å². The van der Waals surface area contributed by atoms with Gasteiger partial charge in [-0.25, -0.2) is 19.8 Å². The zero-order chi connectivity index (χ0) is 14.1. The van der Waals surface area contributed by atoms with E-state index < -0.39 is 5.97 Å². The van der Waals surface area contributed by atoms with Crippen molar-refractivity contribution >= 4 is 34.9 Å². The number of anilines is 1. The number of rotatable bonds is 2. The molecule has 2 heterocycles. The molecule has 0 atom stereocenters. The van der Waals surface area contributed by atoms with E-state index in [1.165, 1.54) is 17.5 Å². The van der Waals surface area contributed by atoms with Crippen molar-refractivity contribution in [3.63, 3.8) is 0 Å². The van der Waals surface area contributed by atoms with Crippen LogP contribution in [-0.4, -0.2) is 22.5 Å². The second-order valence-electron chi connectivity index (χ2n) is 4.23. The molecule has 20 heavy (non-hydrogen) atoms. The van der Waals surface area contributed by atoms with Crippen molar-refractivity contribution < 1.29 is 9.63 Å². The monoisotopic (exact) mass is 309 g/mol. The van der Waals surface area contributed by atoms with Gasteiger partial charge in [0, 0.05) is 11.1 Å². The number of nitrogens with zero attached hydrogens (tertiary/aromatic N) is 3. The lowest BCUT2D eigenvalue weighted by atomic mass is 10.2. The molecule has 0 unspecified atom stereocenters. The van der Waals surface area contributed by atoms with E-state index in [-0.39, 0.29) is 10.8 Å². The third-order valence-corrected chi connectivity index (χ3v) is 3.37. The van der Waals surface area contributed by atoms with Gasteiger partial charge in [-0.1, -0.05) is 23.2 Å². The van der Waals surface area contributed by atoms with Crippen molar-refractivity contribution in [2.24, 2.45) is 0 Å². The van der Waals surface area contributed by atoms with Gasteiger partial charge >= 0.3 is 5.97 Å². The smallest absolute Gasteiger partial charge is 0.334 e. The molecule has 1 aliphatic heterocycles. The number of hydrogen-bond donors (Lipinski definition) is 0. The van der Waals surface area contributed by atoms with Crippen LogP contribution in [0.4, 0.5) is 5.69 Å². The maximum absolute atomic E-state index is 12.0. The Morgan fingerprint density at radius 3 is 2.90 bits per heavy atom. The van der Waals surface area contributed by atoms with Crippen LogP contribution in [0.1, 0.15) is 16.1 Å². The molecule has 1 aromatic heterocycles. The number of fused-ring (bicyclic) bond motifs is 1. The van der Waals surface area contributed by atoms with E-state index >= 15 is 0 Å². The second-order valence-corrected chi connectivity index (χ2v) is 5.05. The first-order valence-corrected chi connectivity index (χ1v) is 6.65. The largest absolute Gasteiger partial charge is 0.381 e.